The Morgan fingerprint density at radius 2 is 2.27 bits per heavy atom. The number of aryl methyl sites for hydroxylation is 1. The van der Waals surface area contributed by atoms with E-state index < -0.39 is 0 Å². The highest BCUT2D eigenvalue weighted by Crippen LogP contribution is 2.23. The van der Waals surface area contributed by atoms with Crippen LogP contribution in [0.2, 0.25) is 0 Å². The second kappa shape index (κ2) is 4.03. The molecule has 2 aromatic rings. The lowest BCUT2D eigenvalue weighted by molar-refractivity contribution is 0.456. The summed E-state index contributed by atoms with van der Waals surface area (Å²) in [5.74, 6) is 0.654. The standard InChI is InChI=1S/C12H16N2O/c1-3-5-9(13)12-14-10-7-4-6-8(2)11(10)15-12/h4,6-7,9H,3,5,13H2,1-2H3. The number of hydrogen-bond acceptors (Lipinski definition) is 3. The highest BCUT2D eigenvalue weighted by Gasteiger charge is 2.13. The summed E-state index contributed by atoms with van der Waals surface area (Å²) in [5, 5.41) is 0. The fourth-order valence-corrected chi connectivity index (χ4v) is 1.70. The molecule has 2 rings (SSSR count). The molecule has 1 aromatic carbocycles. The van der Waals surface area contributed by atoms with Crippen LogP contribution in [-0.2, 0) is 0 Å². The maximum Gasteiger partial charge on any atom is 0.212 e. The van der Waals surface area contributed by atoms with E-state index in [4.69, 9.17) is 10.2 Å². The van der Waals surface area contributed by atoms with E-state index in [2.05, 4.69) is 11.9 Å². The van der Waals surface area contributed by atoms with Crippen LogP contribution in [-0.4, -0.2) is 4.98 Å². The van der Waals surface area contributed by atoms with Crippen LogP contribution in [0.25, 0.3) is 11.1 Å². The monoisotopic (exact) mass is 204 g/mol. The zero-order valence-corrected chi connectivity index (χ0v) is 9.16. The quantitative estimate of drug-likeness (QED) is 0.836. The topological polar surface area (TPSA) is 52.0 Å². The van der Waals surface area contributed by atoms with Gasteiger partial charge in [-0.1, -0.05) is 25.5 Å². The first-order valence-corrected chi connectivity index (χ1v) is 5.34. The molecule has 1 atom stereocenters. The van der Waals surface area contributed by atoms with Gasteiger partial charge in [-0.25, -0.2) is 4.98 Å². The molecule has 3 nitrogen and oxygen atoms in total. The van der Waals surface area contributed by atoms with Crippen molar-refractivity contribution in [2.45, 2.75) is 32.7 Å². The summed E-state index contributed by atoms with van der Waals surface area (Å²) in [6, 6.07) is 5.87. The van der Waals surface area contributed by atoms with Gasteiger partial charge in [0.05, 0.1) is 6.04 Å². The Hall–Kier alpha value is -1.35. The summed E-state index contributed by atoms with van der Waals surface area (Å²) in [7, 11) is 0. The van der Waals surface area contributed by atoms with Crippen LogP contribution in [0.15, 0.2) is 22.6 Å². The first-order chi connectivity index (χ1) is 7.22. The molecule has 0 radical (unpaired) electrons. The van der Waals surface area contributed by atoms with Gasteiger partial charge in [0.1, 0.15) is 5.52 Å². The molecular formula is C12H16N2O. The molecule has 0 saturated carbocycles. The van der Waals surface area contributed by atoms with E-state index in [9.17, 15) is 0 Å². The van der Waals surface area contributed by atoms with Crippen molar-refractivity contribution in [2.75, 3.05) is 0 Å². The molecule has 0 bridgehead atoms. The van der Waals surface area contributed by atoms with Crippen molar-refractivity contribution in [3.63, 3.8) is 0 Å². The molecule has 1 heterocycles. The molecule has 1 aromatic heterocycles. The van der Waals surface area contributed by atoms with E-state index in [0.29, 0.717) is 5.89 Å². The van der Waals surface area contributed by atoms with Gasteiger partial charge in [0.2, 0.25) is 5.89 Å². The third kappa shape index (κ3) is 1.88. The van der Waals surface area contributed by atoms with Gasteiger partial charge in [-0.15, -0.1) is 0 Å². The maximum atomic E-state index is 5.96. The summed E-state index contributed by atoms with van der Waals surface area (Å²) in [5.41, 5.74) is 8.83. The lowest BCUT2D eigenvalue weighted by Gasteiger charge is -2.03. The average Bonchev–Trinajstić information content (AvgIpc) is 2.63. The van der Waals surface area contributed by atoms with Gasteiger partial charge in [-0.3, -0.25) is 0 Å². The molecule has 3 heteroatoms. The number of fused-ring (bicyclic) bond motifs is 1. The van der Waals surface area contributed by atoms with E-state index >= 15 is 0 Å². The van der Waals surface area contributed by atoms with Crippen molar-refractivity contribution in [1.29, 1.82) is 0 Å². The smallest absolute Gasteiger partial charge is 0.212 e. The molecule has 1 unspecified atom stereocenters. The third-order valence-corrected chi connectivity index (χ3v) is 2.55. The number of hydrogen-bond donors (Lipinski definition) is 1. The van der Waals surface area contributed by atoms with Crippen molar-refractivity contribution in [2.24, 2.45) is 5.73 Å². The van der Waals surface area contributed by atoms with Crippen molar-refractivity contribution < 1.29 is 4.42 Å². The van der Waals surface area contributed by atoms with Gasteiger partial charge in [-0.2, -0.15) is 0 Å². The minimum atomic E-state index is -0.0817. The van der Waals surface area contributed by atoms with Crippen molar-refractivity contribution in [3.8, 4) is 0 Å². The third-order valence-electron chi connectivity index (χ3n) is 2.55. The lowest BCUT2D eigenvalue weighted by atomic mass is 10.2. The zero-order valence-electron chi connectivity index (χ0n) is 9.16. The number of benzene rings is 1. The Morgan fingerprint density at radius 1 is 1.47 bits per heavy atom. The fraction of sp³-hybridized carbons (Fsp3) is 0.417. The highest BCUT2D eigenvalue weighted by molar-refractivity contribution is 5.76. The van der Waals surface area contributed by atoms with Gasteiger partial charge in [0.15, 0.2) is 5.58 Å². The molecule has 2 N–H and O–H groups in total. The van der Waals surface area contributed by atoms with Crippen LogP contribution < -0.4 is 5.73 Å². The number of rotatable bonds is 3. The SMILES string of the molecule is CCCC(N)c1nc2cccc(C)c2o1. The Labute approximate surface area is 89.3 Å². The van der Waals surface area contributed by atoms with Gasteiger partial charge in [-0.05, 0) is 25.0 Å². The second-order valence-corrected chi connectivity index (χ2v) is 3.87. The summed E-state index contributed by atoms with van der Waals surface area (Å²) < 4.78 is 5.68. The molecule has 0 saturated heterocycles. The largest absolute Gasteiger partial charge is 0.439 e. The highest BCUT2D eigenvalue weighted by atomic mass is 16.3. The summed E-state index contributed by atoms with van der Waals surface area (Å²) >= 11 is 0. The van der Waals surface area contributed by atoms with E-state index in [1.807, 2.05) is 25.1 Å². The average molecular weight is 204 g/mol. The van der Waals surface area contributed by atoms with Crippen LogP contribution in [0.4, 0.5) is 0 Å². The molecule has 15 heavy (non-hydrogen) atoms. The predicted molar refractivity (Wildman–Crippen MR) is 60.6 cm³/mol. The predicted octanol–water partition coefficient (Wildman–Crippen LogP) is 2.94. The van der Waals surface area contributed by atoms with Crippen LogP contribution in [0, 0.1) is 6.92 Å². The first kappa shape index (κ1) is 10.2. The minimum Gasteiger partial charge on any atom is -0.439 e. The number of oxazole rings is 1. The number of para-hydroxylation sites is 1. The molecule has 0 spiro atoms. The van der Waals surface area contributed by atoms with Crippen molar-refractivity contribution in [1.82, 2.24) is 4.98 Å². The van der Waals surface area contributed by atoms with Crippen molar-refractivity contribution >= 4 is 11.1 Å². The van der Waals surface area contributed by atoms with E-state index in [-0.39, 0.29) is 6.04 Å². The van der Waals surface area contributed by atoms with Crippen LogP contribution in [0.5, 0.6) is 0 Å². The molecule has 0 aliphatic carbocycles. The molecule has 0 aliphatic heterocycles. The summed E-state index contributed by atoms with van der Waals surface area (Å²) in [6.45, 7) is 4.12. The van der Waals surface area contributed by atoms with E-state index in [1.54, 1.807) is 0 Å². The number of nitrogens with zero attached hydrogens (tertiary/aromatic N) is 1. The van der Waals surface area contributed by atoms with Crippen molar-refractivity contribution in [3.05, 3.63) is 29.7 Å². The van der Waals surface area contributed by atoms with Gasteiger partial charge < -0.3 is 10.2 Å². The van der Waals surface area contributed by atoms with E-state index in [0.717, 1.165) is 29.5 Å². The molecule has 0 aliphatic rings. The van der Waals surface area contributed by atoms with Crippen LogP contribution in [0.3, 0.4) is 0 Å². The molecule has 80 valence electrons. The minimum absolute atomic E-state index is 0.0817. The van der Waals surface area contributed by atoms with E-state index in [1.165, 1.54) is 0 Å². The molecular weight excluding hydrogens is 188 g/mol. The second-order valence-electron chi connectivity index (χ2n) is 3.87. The lowest BCUT2D eigenvalue weighted by Crippen LogP contribution is -2.09. The molecule has 0 fully saturated rings. The van der Waals surface area contributed by atoms with Crippen LogP contribution in [0.1, 0.15) is 37.3 Å². The number of nitrogens with two attached hydrogens (primary N) is 1. The fourth-order valence-electron chi connectivity index (χ4n) is 1.70. The summed E-state index contributed by atoms with van der Waals surface area (Å²) in [4.78, 5) is 4.40. The normalized spacial score (nSPS) is 13.3. The Kier molecular flexibility index (Phi) is 2.73. The van der Waals surface area contributed by atoms with Crippen LogP contribution >= 0.6 is 0 Å². The van der Waals surface area contributed by atoms with Gasteiger partial charge in [0, 0.05) is 0 Å². The van der Waals surface area contributed by atoms with Gasteiger partial charge in [0.25, 0.3) is 0 Å². The van der Waals surface area contributed by atoms with Gasteiger partial charge >= 0.3 is 0 Å². The maximum absolute atomic E-state index is 5.96. The Balaban J connectivity index is 2.43. The number of aromatic nitrogens is 1. The Morgan fingerprint density at radius 3 is 2.93 bits per heavy atom. The first-order valence-electron chi connectivity index (χ1n) is 5.34. The molecule has 0 amide bonds. The Bertz CT molecular complexity index is 462. The summed E-state index contributed by atoms with van der Waals surface area (Å²) in [6.07, 6.45) is 1.95. The zero-order chi connectivity index (χ0) is 10.8.